The molecule has 0 aliphatic carbocycles. The Bertz CT molecular complexity index is 895. The third-order valence-corrected chi connectivity index (χ3v) is 5.05. The molecular formula is C19H21NO2S. The van der Waals surface area contributed by atoms with Crippen LogP contribution >= 0.6 is 11.8 Å². The highest BCUT2D eigenvalue weighted by Crippen LogP contribution is 2.37. The van der Waals surface area contributed by atoms with Crippen LogP contribution in [0, 0.1) is 6.92 Å². The number of aromatic nitrogens is 1. The van der Waals surface area contributed by atoms with Crippen molar-refractivity contribution in [1.82, 2.24) is 4.57 Å². The van der Waals surface area contributed by atoms with Gasteiger partial charge in [-0.3, -0.25) is 0 Å². The first-order valence-corrected chi connectivity index (χ1v) is 9.13. The Morgan fingerprint density at radius 1 is 1.22 bits per heavy atom. The number of carbonyl (C=O) groups is 1. The molecule has 0 saturated carbocycles. The number of hydrogen-bond donors (Lipinski definition) is 1. The Labute approximate surface area is 140 Å². The van der Waals surface area contributed by atoms with E-state index in [2.05, 4.69) is 36.6 Å². The van der Waals surface area contributed by atoms with Crippen LogP contribution in [0.3, 0.4) is 0 Å². The maximum Gasteiger partial charge on any atom is 0.335 e. The van der Waals surface area contributed by atoms with Crippen molar-refractivity contribution in [3.05, 3.63) is 41.5 Å². The van der Waals surface area contributed by atoms with E-state index in [0.717, 1.165) is 29.8 Å². The molecule has 1 N–H and O–H groups in total. The number of nitrogens with zero attached hydrogens (tertiary/aromatic N) is 1. The van der Waals surface area contributed by atoms with Gasteiger partial charge in [0.15, 0.2) is 0 Å². The van der Waals surface area contributed by atoms with Crippen molar-refractivity contribution < 1.29 is 9.90 Å². The van der Waals surface area contributed by atoms with Crippen molar-refractivity contribution in [1.29, 1.82) is 0 Å². The molecule has 0 fully saturated rings. The van der Waals surface area contributed by atoms with Gasteiger partial charge in [0.05, 0.1) is 11.1 Å². The molecule has 1 aromatic heterocycles. The second-order valence-electron chi connectivity index (χ2n) is 5.90. The molecule has 120 valence electrons. The van der Waals surface area contributed by atoms with Crippen molar-refractivity contribution in [2.45, 2.75) is 38.1 Å². The number of aromatic carboxylic acids is 1. The molecule has 3 aromatic rings. The van der Waals surface area contributed by atoms with E-state index in [1.54, 1.807) is 17.8 Å². The zero-order chi connectivity index (χ0) is 16.6. The summed E-state index contributed by atoms with van der Waals surface area (Å²) >= 11 is 1.61. The van der Waals surface area contributed by atoms with Crippen LogP contribution in [0.15, 0.2) is 35.2 Å². The molecule has 3 rings (SSSR count). The Hall–Kier alpha value is -1.94. The highest BCUT2D eigenvalue weighted by molar-refractivity contribution is 7.98. The lowest BCUT2D eigenvalue weighted by Crippen LogP contribution is -2.00. The van der Waals surface area contributed by atoms with Crippen LogP contribution in [-0.2, 0) is 6.54 Å². The number of unbranched alkanes of at least 4 members (excludes halogenated alkanes) is 1. The molecule has 0 saturated heterocycles. The second kappa shape index (κ2) is 6.28. The highest BCUT2D eigenvalue weighted by atomic mass is 32.2. The summed E-state index contributed by atoms with van der Waals surface area (Å²) in [7, 11) is 0. The predicted octanol–water partition coefficient (Wildman–Crippen LogP) is 5.32. The van der Waals surface area contributed by atoms with Gasteiger partial charge in [-0.2, -0.15) is 0 Å². The third-order valence-electron chi connectivity index (χ3n) is 4.29. The molecule has 0 unspecified atom stereocenters. The van der Waals surface area contributed by atoms with E-state index in [9.17, 15) is 9.90 Å². The molecule has 0 bridgehead atoms. The Balaban J connectivity index is 2.44. The number of hydrogen-bond acceptors (Lipinski definition) is 2. The van der Waals surface area contributed by atoms with Gasteiger partial charge in [0.25, 0.3) is 0 Å². The van der Waals surface area contributed by atoms with Gasteiger partial charge in [-0.15, -0.1) is 11.8 Å². The summed E-state index contributed by atoms with van der Waals surface area (Å²) in [4.78, 5) is 12.5. The van der Waals surface area contributed by atoms with Crippen LogP contribution in [0.4, 0.5) is 0 Å². The number of carboxylic acids is 1. The van der Waals surface area contributed by atoms with Crippen molar-refractivity contribution >= 4 is 39.5 Å². The van der Waals surface area contributed by atoms with Gasteiger partial charge in [0.2, 0.25) is 0 Å². The lowest BCUT2D eigenvalue weighted by Gasteiger charge is -2.08. The van der Waals surface area contributed by atoms with E-state index in [0.29, 0.717) is 5.56 Å². The fourth-order valence-electron chi connectivity index (χ4n) is 3.13. The molecule has 2 aromatic carbocycles. The molecule has 3 nitrogen and oxygen atoms in total. The maximum atomic E-state index is 11.5. The van der Waals surface area contributed by atoms with Crippen LogP contribution in [0.2, 0.25) is 0 Å². The third kappa shape index (κ3) is 2.72. The molecule has 0 aliphatic heterocycles. The van der Waals surface area contributed by atoms with Crippen LogP contribution < -0.4 is 0 Å². The molecule has 4 heteroatoms. The Kier molecular flexibility index (Phi) is 4.35. The largest absolute Gasteiger partial charge is 0.478 e. The minimum Gasteiger partial charge on any atom is -0.478 e. The topological polar surface area (TPSA) is 42.2 Å². The standard InChI is InChI=1S/C19H21NO2S/c1-4-5-8-20-15-9-12(2)6-7-14(15)18-16(20)10-13(19(21)22)11-17(18)23-3/h6-7,9-11H,4-5,8H2,1-3H3,(H,21,22). The first kappa shape index (κ1) is 15.9. The summed E-state index contributed by atoms with van der Waals surface area (Å²) in [6, 6.07) is 10.1. The monoisotopic (exact) mass is 327 g/mol. The van der Waals surface area contributed by atoms with E-state index in [-0.39, 0.29) is 0 Å². The first-order chi connectivity index (χ1) is 11.1. The number of carboxylic acid groups (broad SMARTS) is 1. The average molecular weight is 327 g/mol. The fraction of sp³-hybridized carbons (Fsp3) is 0.316. The van der Waals surface area contributed by atoms with Crippen LogP contribution in [0.1, 0.15) is 35.7 Å². The number of aryl methyl sites for hydroxylation is 2. The lowest BCUT2D eigenvalue weighted by atomic mass is 10.1. The van der Waals surface area contributed by atoms with Crippen LogP contribution in [0.5, 0.6) is 0 Å². The summed E-state index contributed by atoms with van der Waals surface area (Å²) in [5.41, 5.74) is 3.82. The summed E-state index contributed by atoms with van der Waals surface area (Å²) < 4.78 is 2.29. The van der Waals surface area contributed by atoms with Crippen molar-refractivity contribution in [2.24, 2.45) is 0 Å². The Morgan fingerprint density at radius 2 is 2.00 bits per heavy atom. The Morgan fingerprint density at radius 3 is 2.65 bits per heavy atom. The first-order valence-electron chi connectivity index (χ1n) is 7.90. The van der Waals surface area contributed by atoms with Gasteiger partial charge < -0.3 is 9.67 Å². The SMILES string of the molecule is CCCCn1c2cc(C)ccc2c2c(SC)cc(C(=O)O)cc21. The molecule has 1 heterocycles. The van der Waals surface area contributed by atoms with Crippen molar-refractivity contribution in [3.63, 3.8) is 0 Å². The van der Waals surface area contributed by atoms with E-state index in [4.69, 9.17) is 0 Å². The molecule has 0 radical (unpaired) electrons. The van der Waals surface area contributed by atoms with Gasteiger partial charge in [-0.1, -0.05) is 25.5 Å². The van der Waals surface area contributed by atoms with Crippen molar-refractivity contribution in [3.8, 4) is 0 Å². The summed E-state index contributed by atoms with van der Waals surface area (Å²) in [5, 5.41) is 11.8. The van der Waals surface area contributed by atoms with Crippen molar-refractivity contribution in [2.75, 3.05) is 6.26 Å². The highest BCUT2D eigenvalue weighted by Gasteiger charge is 2.17. The average Bonchev–Trinajstić information content (AvgIpc) is 2.84. The van der Waals surface area contributed by atoms with Gasteiger partial charge in [-0.05, 0) is 43.4 Å². The zero-order valence-corrected chi connectivity index (χ0v) is 14.5. The zero-order valence-electron chi connectivity index (χ0n) is 13.7. The minimum atomic E-state index is -0.870. The van der Waals surface area contributed by atoms with E-state index >= 15 is 0 Å². The molecule has 0 atom stereocenters. The van der Waals surface area contributed by atoms with E-state index in [1.165, 1.54) is 21.9 Å². The molecule has 0 amide bonds. The van der Waals surface area contributed by atoms with E-state index in [1.807, 2.05) is 12.3 Å². The van der Waals surface area contributed by atoms with E-state index < -0.39 is 5.97 Å². The van der Waals surface area contributed by atoms with Gasteiger partial charge in [0, 0.05) is 27.7 Å². The maximum absolute atomic E-state index is 11.5. The van der Waals surface area contributed by atoms with Gasteiger partial charge >= 0.3 is 5.97 Å². The quantitative estimate of drug-likeness (QED) is 0.645. The fourth-order valence-corrected chi connectivity index (χ4v) is 3.80. The summed E-state index contributed by atoms with van der Waals surface area (Å²) in [6.45, 7) is 5.19. The summed E-state index contributed by atoms with van der Waals surface area (Å²) in [5.74, 6) is -0.870. The molecule has 0 aliphatic rings. The minimum absolute atomic E-state index is 0.360. The number of thioether (sulfide) groups is 1. The number of fused-ring (bicyclic) bond motifs is 3. The molecular weight excluding hydrogens is 306 g/mol. The molecule has 23 heavy (non-hydrogen) atoms. The van der Waals surface area contributed by atoms with Crippen LogP contribution in [-0.4, -0.2) is 21.9 Å². The normalized spacial score (nSPS) is 11.4. The van der Waals surface area contributed by atoms with Crippen LogP contribution in [0.25, 0.3) is 21.8 Å². The van der Waals surface area contributed by atoms with Gasteiger partial charge in [0.1, 0.15) is 0 Å². The summed E-state index contributed by atoms with van der Waals surface area (Å²) in [6.07, 6.45) is 4.20. The molecule has 0 spiro atoms. The second-order valence-corrected chi connectivity index (χ2v) is 6.75. The lowest BCUT2D eigenvalue weighted by molar-refractivity contribution is 0.0697. The smallest absolute Gasteiger partial charge is 0.335 e. The predicted molar refractivity (Wildman–Crippen MR) is 97.8 cm³/mol. The van der Waals surface area contributed by atoms with Gasteiger partial charge in [-0.25, -0.2) is 4.79 Å². The number of rotatable bonds is 5. The number of benzene rings is 2.